The molecular weight excluding hydrogens is 243 g/mol. The molecule has 0 aliphatic carbocycles. The van der Waals surface area contributed by atoms with Crippen LogP contribution in [0.4, 0.5) is 4.39 Å². The Kier molecular flexibility index (Phi) is 3.95. The molecule has 19 heavy (non-hydrogen) atoms. The van der Waals surface area contributed by atoms with Gasteiger partial charge in [-0.05, 0) is 29.2 Å². The van der Waals surface area contributed by atoms with Crippen molar-refractivity contribution in [1.82, 2.24) is 0 Å². The van der Waals surface area contributed by atoms with Crippen LogP contribution in [0.25, 0.3) is 0 Å². The van der Waals surface area contributed by atoms with Crippen molar-refractivity contribution >= 4 is 5.97 Å². The number of benzene rings is 2. The number of carboxylic acids is 1. The number of hydrogen-bond donors (Lipinski definition) is 1. The Morgan fingerprint density at radius 2 is 1.68 bits per heavy atom. The zero-order valence-electron chi connectivity index (χ0n) is 10.6. The first-order valence-corrected chi connectivity index (χ1v) is 6.13. The first-order chi connectivity index (χ1) is 9.09. The molecule has 2 nitrogen and oxygen atoms in total. The molecule has 98 valence electrons. The van der Waals surface area contributed by atoms with E-state index in [4.69, 9.17) is 0 Å². The van der Waals surface area contributed by atoms with Crippen molar-refractivity contribution < 1.29 is 14.3 Å². The molecule has 0 fully saturated rings. The molecule has 0 saturated carbocycles. The van der Waals surface area contributed by atoms with Crippen LogP contribution in [0.1, 0.15) is 29.9 Å². The van der Waals surface area contributed by atoms with E-state index in [1.807, 2.05) is 37.3 Å². The van der Waals surface area contributed by atoms with Gasteiger partial charge < -0.3 is 5.11 Å². The fourth-order valence-corrected chi connectivity index (χ4v) is 2.29. The third-order valence-corrected chi connectivity index (χ3v) is 3.30. The lowest BCUT2D eigenvalue weighted by Crippen LogP contribution is -2.18. The Labute approximate surface area is 111 Å². The van der Waals surface area contributed by atoms with Crippen molar-refractivity contribution in [3.8, 4) is 0 Å². The Morgan fingerprint density at radius 3 is 2.26 bits per heavy atom. The summed E-state index contributed by atoms with van der Waals surface area (Å²) in [4.78, 5) is 11.5. The lowest BCUT2D eigenvalue weighted by Gasteiger charge is -2.21. The molecule has 0 aliphatic rings. The van der Waals surface area contributed by atoms with Crippen molar-refractivity contribution in [2.45, 2.75) is 18.8 Å². The predicted octanol–water partition coefficient (Wildman–Crippen LogP) is 3.80. The van der Waals surface area contributed by atoms with E-state index in [-0.39, 0.29) is 5.92 Å². The molecule has 2 unspecified atom stereocenters. The van der Waals surface area contributed by atoms with E-state index in [0.29, 0.717) is 5.56 Å². The van der Waals surface area contributed by atoms with Gasteiger partial charge in [-0.15, -0.1) is 0 Å². The maximum atomic E-state index is 13.3. The molecule has 0 bridgehead atoms. The van der Waals surface area contributed by atoms with Crippen molar-refractivity contribution in [2.24, 2.45) is 0 Å². The van der Waals surface area contributed by atoms with Crippen LogP contribution >= 0.6 is 0 Å². The second-order valence-corrected chi connectivity index (χ2v) is 4.57. The van der Waals surface area contributed by atoms with Crippen LogP contribution in [0.5, 0.6) is 0 Å². The minimum Gasteiger partial charge on any atom is -0.481 e. The highest BCUT2D eigenvalue weighted by atomic mass is 19.1. The molecule has 0 radical (unpaired) electrons. The molecule has 0 spiro atoms. The highest BCUT2D eigenvalue weighted by Crippen LogP contribution is 2.33. The van der Waals surface area contributed by atoms with Gasteiger partial charge in [0.15, 0.2) is 0 Å². The van der Waals surface area contributed by atoms with Crippen molar-refractivity contribution in [2.75, 3.05) is 0 Å². The number of aliphatic carboxylic acids is 1. The standard InChI is InChI=1S/C16H15FO2/c1-11(12-6-3-2-4-7-12)15(16(18)19)13-8-5-9-14(17)10-13/h2-11,15H,1H3,(H,18,19). The quantitative estimate of drug-likeness (QED) is 0.905. The van der Waals surface area contributed by atoms with E-state index in [9.17, 15) is 14.3 Å². The Hall–Kier alpha value is -2.16. The van der Waals surface area contributed by atoms with Crippen LogP contribution in [0.15, 0.2) is 54.6 Å². The van der Waals surface area contributed by atoms with Gasteiger partial charge in [-0.1, -0.05) is 49.4 Å². The zero-order valence-corrected chi connectivity index (χ0v) is 10.6. The highest BCUT2D eigenvalue weighted by Gasteiger charge is 2.27. The largest absolute Gasteiger partial charge is 0.481 e. The maximum Gasteiger partial charge on any atom is 0.311 e. The molecule has 2 atom stereocenters. The Bertz CT molecular complexity index is 566. The molecule has 0 saturated heterocycles. The van der Waals surface area contributed by atoms with Crippen molar-refractivity contribution in [3.63, 3.8) is 0 Å². The predicted molar refractivity (Wildman–Crippen MR) is 71.6 cm³/mol. The summed E-state index contributed by atoms with van der Waals surface area (Å²) in [5.74, 6) is -2.33. The van der Waals surface area contributed by atoms with Crippen LogP contribution in [-0.2, 0) is 4.79 Å². The molecule has 2 rings (SSSR count). The van der Waals surface area contributed by atoms with Crippen LogP contribution in [0.2, 0.25) is 0 Å². The lowest BCUT2D eigenvalue weighted by atomic mass is 9.83. The van der Waals surface area contributed by atoms with E-state index in [2.05, 4.69) is 0 Å². The molecule has 0 aromatic heterocycles. The van der Waals surface area contributed by atoms with Crippen LogP contribution in [-0.4, -0.2) is 11.1 Å². The van der Waals surface area contributed by atoms with Gasteiger partial charge in [-0.25, -0.2) is 4.39 Å². The summed E-state index contributed by atoms with van der Waals surface area (Å²) in [6, 6.07) is 15.2. The third kappa shape index (κ3) is 2.99. The van der Waals surface area contributed by atoms with E-state index in [0.717, 1.165) is 5.56 Å². The summed E-state index contributed by atoms with van der Waals surface area (Å²) in [6.07, 6.45) is 0. The Balaban J connectivity index is 2.39. The number of rotatable bonds is 4. The van der Waals surface area contributed by atoms with E-state index in [1.165, 1.54) is 12.1 Å². The fourth-order valence-electron chi connectivity index (χ4n) is 2.29. The summed E-state index contributed by atoms with van der Waals surface area (Å²) in [5.41, 5.74) is 1.42. The summed E-state index contributed by atoms with van der Waals surface area (Å²) in [6.45, 7) is 1.85. The summed E-state index contributed by atoms with van der Waals surface area (Å²) < 4.78 is 13.3. The first-order valence-electron chi connectivity index (χ1n) is 6.13. The molecular formula is C16H15FO2. The van der Waals surface area contributed by atoms with E-state index < -0.39 is 17.7 Å². The first kappa shape index (κ1) is 13.3. The van der Waals surface area contributed by atoms with Crippen molar-refractivity contribution in [1.29, 1.82) is 0 Å². The van der Waals surface area contributed by atoms with Gasteiger partial charge in [-0.3, -0.25) is 4.79 Å². The number of hydrogen-bond acceptors (Lipinski definition) is 1. The van der Waals surface area contributed by atoms with Gasteiger partial charge in [0, 0.05) is 0 Å². The summed E-state index contributed by atoms with van der Waals surface area (Å²) in [7, 11) is 0. The molecule has 2 aromatic rings. The van der Waals surface area contributed by atoms with Crippen LogP contribution in [0, 0.1) is 5.82 Å². The second-order valence-electron chi connectivity index (χ2n) is 4.57. The average molecular weight is 258 g/mol. The molecule has 3 heteroatoms. The highest BCUT2D eigenvalue weighted by molar-refractivity contribution is 5.77. The molecule has 0 amide bonds. The van der Waals surface area contributed by atoms with Gasteiger partial charge in [-0.2, -0.15) is 0 Å². The zero-order chi connectivity index (χ0) is 13.8. The Morgan fingerprint density at radius 1 is 1.05 bits per heavy atom. The SMILES string of the molecule is CC(c1ccccc1)C(C(=O)O)c1cccc(F)c1. The minimum absolute atomic E-state index is 0.222. The summed E-state index contributed by atoms with van der Waals surface area (Å²) in [5, 5.41) is 9.43. The van der Waals surface area contributed by atoms with Gasteiger partial charge >= 0.3 is 5.97 Å². The van der Waals surface area contributed by atoms with E-state index in [1.54, 1.807) is 12.1 Å². The van der Waals surface area contributed by atoms with Crippen LogP contribution in [0.3, 0.4) is 0 Å². The third-order valence-electron chi connectivity index (χ3n) is 3.30. The molecule has 2 aromatic carbocycles. The summed E-state index contributed by atoms with van der Waals surface area (Å²) >= 11 is 0. The smallest absolute Gasteiger partial charge is 0.311 e. The van der Waals surface area contributed by atoms with Gasteiger partial charge in [0.2, 0.25) is 0 Å². The second kappa shape index (κ2) is 5.65. The van der Waals surface area contributed by atoms with Gasteiger partial charge in [0.1, 0.15) is 5.82 Å². The number of halogens is 1. The topological polar surface area (TPSA) is 37.3 Å². The van der Waals surface area contributed by atoms with Gasteiger partial charge in [0.05, 0.1) is 5.92 Å². The van der Waals surface area contributed by atoms with Crippen molar-refractivity contribution in [3.05, 3.63) is 71.5 Å². The number of carbonyl (C=O) groups is 1. The molecule has 0 aliphatic heterocycles. The number of carboxylic acid groups (broad SMARTS) is 1. The van der Waals surface area contributed by atoms with Crippen LogP contribution < -0.4 is 0 Å². The van der Waals surface area contributed by atoms with Gasteiger partial charge in [0.25, 0.3) is 0 Å². The fraction of sp³-hybridized carbons (Fsp3) is 0.188. The monoisotopic (exact) mass is 258 g/mol. The molecule has 1 N–H and O–H groups in total. The maximum absolute atomic E-state index is 13.3. The average Bonchev–Trinajstić information content (AvgIpc) is 2.39. The van der Waals surface area contributed by atoms with E-state index >= 15 is 0 Å². The molecule has 0 heterocycles. The minimum atomic E-state index is -0.943. The normalized spacial score (nSPS) is 13.8. The lowest BCUT2D eigenvalue weighted by molar-refractivity contribution is -0.139.